The summed E-state index contributed by atoms with van der Waals surface area (Å²) in [6, 6.07) is 19.0. The molecule has 2 aromatic rings. The molecule has 0 aromatic heterocycles. The lowest BCUT2D eigenvalue weighted by Crippen LogP contribution is -2.35. The Morgan fingerprint density at radius 1 is 1.04 bits per heavy atom. The van der Waals surface area contributed by atoms with E-state index in [1.54, 1.807) is 0 Å². The molecule has 3 rings (SSSR count). The minimum absolute atomic E-state index is 0.688. The van der Waals surface area contributed by atoms with Gasteiger partial charge in [-0.25, -0.2) is 0 Å². The summed E-state index contributed by atoms with van der Waals surface area (Å²) in [4.78, 5) is 2.60. The van der Waals surface area contributed by atoms with Crippen LogP contribution in [0.3, 0.4) is 0 Å². The number of piperidine rings is 1. The van der Waals surface area contributed by atoms with Crippen molar-refractivity contribution in [3.8, 4) is 17.2 Å². The maximum Gasteiger partial charge on any atom is 0.0991 e. The van der Waals surface area contributed by atoms with E-state index in [4.69, 9.17) is 5.26 Å². The lowest BCUT2D eigenvalue weighted by Gasteiger charge is -2.33. The molecule has 0 unspecified atom stereocenters. The molecular weight excluding hydrogens is 292 g/mol. The second kappa shape index (κ2) is 7.64. The average Bonchev–Trinajstić information content (AvgIpc) is 2.62. The molecule has 1 fully saturated rings. The van der Waals surface area contributed by atoms with Gasteiger partial charge < -0.3 is 4.90 Å². The smallest absolute Gasteiger partial charge is 0.0991 e. The number of hydrogen-bond acceptors (Lipinski definition) is 2. The van der Waals surface area contributed by atoms with Crippen LogP contribution in [0.2, 0.25) is 0 Å². The van der Waals surface area contributed by atoms with Crippen LogP contribution in [-0.2, 0) is 0 Å². The molecule has 0 saturated carbocycles. The third-order valence-electron chi connectivity index (χ3n) is 4.92. The summed E-state index contributed by atoms with van der Waals surface area (Å²) >= 11 is 0. The van der Waals surface area contributed by atoms with E-state index < -0.39 is 0 Å². The molecule has 1 aliphatic heterocycles. The maximum atomic E-state index is 9.05. The van der Waals surface area contributed by atoms with Crippen molar-refractivity contribution < 1.29 is 0 Å². The summed E-state index contributed by atoms with van der Waals surface area (Å²) < 4.78 is 0. The molecule has 0 bridgehead atoms. The van der Waals surface area contributed by atoms with E-state index in [2.05, 4.69) is 55.1 Å². The normalized spacial score (nSPS) is 16.2. The molecule has 0 aliphatic carbocycles. The Kier molecular flexibility index (Phi) is 5.33. The quantitative estimate of drug-likeness (QED) is 0.788. The van der Waals surface area contributed by atoms with Crippen molar-refractivity contribution in [3.63, 3.8) is 0 Å². The molecule has 0 spiro atoms. The van der Waals surface area contributed by atoms with E-state index in [0.29, 0.717) is 11.5 Å². The van der Waals surface area contributed by atoms with Crippen molar-refractivity contribution in [3.05, 3.63) is 59.7 Å². The van der Waals surface area contributed by atoms with E-state index in [9.17, 15) is 0 Å². The summed E-state index contributed by atoms with van der Waals surface area (Å²) in [5.74, 6) is 1.44. The summed E-state index contributed by atoms with van der Waals surface area (Å²) in [7, 11) is 0. The highest BCUT2D eigenvalue weighted by Crippen LogP contribution is 2.30. The number of likely N-dealkylation sites (tertiary alicyclic amines) is 1. The number of benzene rings is 2. The van der Waals surface area contributed by atoms with Crippen LogP contribution in [0.25, 0.3) is 11.1 Å². The molecule has 2 heteroatoms. The molecule has 0 atom stereocenters. The lowest BCUT2D eigenvalue weighted by molar-refractivity contribution is 0.192. The van der Waals surface area contributed by atoms with E-state index in [0.717, 1.165) is 11.5 Å². The number of nitriles is 1. The number of hydrogen-bond donors (Lipinski definition) is 0. The Hall–Kier alpha value is -2.11. The highest BCUT2D eigenvalue weighted by atomic mass is 15.1. The van der Waals surface area contributed by atoms with Crippen molar-refractivity contribution in [1.29, 1.82) is 5.26 Å². The molecule has 0 N–H and O–H groups in total. The molecule has 1 aliphatic rings. The highest BCUT2D eigenvalue weighted by Gasteiger charge is 2.20. The molecule has 1 heterocycles. The van der Waals surface area contributed by atoms with Gasteiger partial charge in [-0.15, -0.1) is 0 Å². The first-order valence-electron chi connectivity index (χ1n) is 8.98. The molecule has 2 aromatic carbocycles. The van der Waals surface area contributed by atoms with E-state index in [-0.39, 0.29) is 0 Å². The molecule has 2 nitrogen and oxygen atoms in total. The van der Waals surface area contributed by atoms with Crippen LogP contribution in [0, 0.1) is 17.2 Å². The first-order chi connectivity index (χ1) is 11.7. The zero-order valence-corrected chi connectivity index (χ0v) is 14.7. The molecular formula is C22H26N2. The van der Waals surface area contributed by atoms with Gasteiger partial charge in [0.15, 0.2) is 0 Å². The second-order valence-corrected chi connectivity index (χ2v) is 7.28. The van der Waals surface area contributed by atoms with Crippen LogP contribution in [0.4, 0.5) is 0 Å². The van der Waals surface area contributed by atoms with Crippen molar-refractivity contribution in [2.45, 2.75) is 32.6 Å². The van der Waals surface area contributed by atoms with Crippen molar-refractivity contribution in [1.82, 2.24) is 4.90 Å². The van der Waals surface area contributed by atoms with Gasteiger partial charge in [0.2, 0.25) is 0 Å². The zero-order valence-electron chi connectivity index (χ0n) is 14.7. The van der Waals surface area contributed by atoms with Gasteiger partial charge in [-0.3, -0.25) is 0 Å². The predicted octanol–water partition coefficient (Wildman–Crippen LogP) is 5.06. The fraction of sp³-hybridized carbons (Fsp3) is 0.409. The monoisotopic (exact) mass is 318 g/mol. The summed E-state index contributed by atoms with van der Waals surface area (Å²) in [6.07, 6.45) is 2.52. The number of nitrogens with zero attached hydrogens (tertiary/aromatic N) is 2. The minimum Gasteiger partial charge on any atom is -0.303 e. The standard InChI is InChI=1S/C22H26N2/c1-17(2)16-24-12-10-21(11-13-24)19-6-8-20(9-7-19)22-5-3-4-18(14-22)15-23/h3-9,14,17,21H,10-13,16H2,1-2H3. The van der Waals surface area contributed by atoms with Crippen LogP contribution in [-0.4, -0.2) is 24.5 Å². The van der Waals surface area contributed by atoms with Gasteiger partial charge in [0.1, 0.15) is 0 Å². The molecule has 1 saturated heterocycles. The fourth-order valence-corrected chi connectivity index (χ4v) is 3.68. The molecule has 124 valence electrons. The largest absolute Gasteiger partial charge is 0.303 e. The third kappa shape index (κ3) is 4.04. The van der Waals surface area contributed by atoms with Crippen molar-refractivity contribution >= 4 is 0 Å². The van der Waals surface area contributed by atoms with Gasteiger partial charge in [-0.2, -0.15) is 5.26 Å². The summed E-state index contributed by atoms with van der Waals surface area (Å²) in [5.41, 5.74) is 4.48. The van der Waals surface area contributed by atoms with Gasteiger partial charge in [0.25, 0.3) is 0 Å². The van der Waals surface area contributed by atoms with E-state index in [1.165, 1.54) is 43.6 Å². The summed E-state index contributed by atoms with van der Waals surface area (Å²) in [5, 5.41) is 9.05. The topological polar surface area (TPSA) is 27.0 Å². The fourth-order valence-electron chi connectivity index (χ4n) is 3.68. The minimum atomic E-state index is 0.688. The predicted molar refractivity (Wildman–Crippen MR) is 99.8 cm³/mol. The van der Waals surface area contributed by atoms with E-state index >= 15 is 0 Å². The first-order valence-corrected chi connectivity index (χ1v) is 8.98. The third-order valence-corrected chi connectivity index (χ3v) is 4.92. The van der Waals surface area contributed by atoms with Gasteiger partial charge in [-0.05, 0) is 66.6 Å². The molecule has 0 amide bonds. The molecule has 24 heavy (non-hydrogen) atoms. The first kappa shape index (κ1) is 16.7. The molecule has 0 radical (unpaired) electrons. The van der Waals surface area contributed by atoms with Crippen LogP contribution in [0.5, 0.6) is 0 Å². The van der Waals surface area contributed by atoms with Gasteiger partial charge in [0, 0.05) is 6.54 Å². The van der Waals surface area contributed by atoms with Crippen LogP contribution < -0.4 is 0 Å². The van der Waals surface area contributed by atoms with Gasteiger partial charge in [0.05, 0.1) is 11.6 Å². The SMILES string of the molecule is CC(C)CN1CCC(c2ccc(-c3cccc(C#N)c3)cc2)CC1. The van der Waals surface area contributed by atoms with Gasteiger partial charge >= 0.3 is 0 Å². The maximum absolute atomic E-state index is 9.05. The van der Waals surface area contributed by atoms with Crippen molar-refractivity contribution in [2.75, 3.05) is 19.6 Å². The Morgan fingerprint density at radius 2 is 1.75 bits per heavy atom. The zero-order chi connectivity index (χ0) is 16.9. The number of rotatable bonds is 4. The Labute approximate surface area is 145 Å². The Bertz CT molecular complexity index is 701. The van der Waals surface area contributed by atoms with E-state index in [1.807, 2.05) is 18.2 Å². The highest BCUT2D eigenvalue weighted by molar-refractivity contribution is 5.65. The van der Waals surface area contributed by atoms with Crippen LogP contribution >= 0.6 is 0 Å². The van der Waals surface area contributed by atoms with Crippen molar-refractivity contribution in [2.24, 2.45) is 5.92 Å². The Balaban J connectivity index is 1.66. The Morgan fingerprint density at radius 3 is 2.38 bits per heavy atom. The second-order valence-electron chi connectivity index (χ2n) is 7.28. The van der Waals surface area contributed by atoms with Gasteiger partial charge in [-0.1, -0.05) is 50.2 Å². The lowest BCUT2D eigenvalue weighted by atomic mass is 9.88. The average molecular weight is 318 g/mol. The van der Waals surface area contributed by atoms with Crippen LogP contribution in [0.15, 0.2) is 48.5 Å². The summed E-state index contributed by atoms with van der Waals surface area (Å²) in [6.45, 7) is 8.25. The van der Waals surface area contributed by atoms with Crippen LogP contribution in [0.1, 0.15) is 43.7 Å².